The van der Waals surface area contributed by atoms with Crippen LogP contribution >= 0.6 is 22.6 Å². The van der Waals surface area contributed by atoms with Crippen molar-refractivity contribution in [2.24, 2.45) is 0 Å². The third kappa shape index (κ3) is 4.56. The highest BCUT2D eigenvalue weighted by Gasteiger charge is 2.25. The lowest BCUT2D eigenvalue weighted by atomic mass is 10.3. The zero-order valence-corrected chi connectivity index (χ0v) is 15.7. The van der Waals surface area contributed by atoms with Crippen molar-refractivity contribution in [3.05, 3.63) is 27.8 Å². The number of hydrogen-bond acceptors (Lipinski definition) is 4. The first kappa shape index (κ1) is 17.5. The Bertz CT molecular complexity index is 625. The Hall–Kier alpha value is -0.870. The number of likely N-dealkylation sites (N-methyl/N-ethyl adjacent to an activating group) is 1. The zero-order chi connectivity index (χ0) is 16.3. The molecule has 1 fully saturated rings. The number of rotatable bonds is 4. The molecule has 1 saturated heterocycles. The first-order valence-corrected chi connectivity index (χ1v) is 9.89. The second kappa shape index (κ2) is 7.14. The SMILES string of the molecule is CN1CCN(C(=O)CN(c2ccc(I)cc2)S(C)(=O)=O)CC1. The van der Waals surface area contributed by atoms with E-state index in [0.29, 0.717) is 18.8 Å². The van der Waals surface area contributed by atoms with Crippen LogP contribution in [0.1, 0.15) is 0 Å². The maximum atomic E-state index is 12.4. The van der Waals surface area contributed by atoms with E-state index in [-0.39, 0.29) is 12.5 Å². The molecule has 22 heavy (non-hydrogen) atoms. The Morgan fingerprint density at radius 3 is 2.23 bits per heavy atom. The van der Waals surface area contributed by atoms with Gasteiger partial charge >= 0.3 is 0 Å². The number of hydrogen-bond donors (Lipinski definition) is 0. The van der Waals surface area contributed by atoms with Crippen molar-refractivity contribution >= 4 is 44.2 Å². The van der Waals surface area contributed by atoms with Crippen LogP contribution in [0.3, 0.4) is 0 Å². The van der Waals surface area contributed by atoms with Gasteiger partial charge in [-0.15, -0.1) is 0 Å². The van der Waals surface area contributed by atoms with Crippen molar-refractivity contribution in [3.8, 4) is 0 Å². The fraction of sp³-hybridized carbons (Fsp3) is 0.500. The van der Waals surface area contributed by atoms with Gasteiger partial charge in [0.2, 0.25) is 15.9 Å². The van der Waals surface area contributed by atoms with Gasteiger partial charge in [-0.05, 0) is 53.9 Å². The minimum atomic E-state index is -3.50. The van der Waals surface area contributed by atoms with E-state index in [2.05, 4.69) is 27.5 Å². The van der Waals surface area contributed by atoms with E-state index in [1.165, 1.54) is 4.31 Å². The van der Waals surface area contributed by atoms with E-state index in [0.717, 1.165) is 22.9 Å². The predicted octanol–water partition coefficient (Wildman–Crippen LogP) is 0.831. The average molecular weight is 437 g/mol. The summed E-state index contributed by atoms with van der Waals surface area (Å²) in [5.41, 5.74) is 0.519. The molecule has 1 amide bonds. The summed E-state index contributed by atoms with van der Waals surface area (Å²) in [5.74, 6) is -0.155. The molecule has 0 spiro atoms. The van der Waals surface area contributed by atoms with Crippen LogP contribution in [0.2, 0.25) is 0 Å². The smallest absolute Gasteiger partial charge is 0.243 e. The molecule has 0 saturated carbocycles. The number of benzene rings is 1. The Balaban J connectivity index is 2.14. The summed E-state index contributed by atoms with van der Waals surface area (Å²) in [5, 5.41) is 0. The third-order valence-corrected chi connectivity index (χ3v) is 5.51. The predicted molar refractivity (Wildman–Crippen MR) is 95.4 cm³/mol. The topological polar surface area (TPSA) is 60.9 Å². The molecular formula is C14H20IN3O3S. The van der Waals surface area contributed by atoms with Gasteiger partial charge < -0.3 is 9.80 Å². The highest BCUT2D eigenvalue weighted by Crippen LogP contribution is 2.19. The van der Waals surface area contributed by atoms with Crippen molar-refractivity contribution in [3.63, 3.8) is 0 Å². The number of carbonyl (C=O) groups excluding carboxylic acids is 1. The Kier molecular flexibility index (Phi) is 5.67. The van der Waals surface area contributed by atoms with Crippen molar-refractivity contribution in [1.29, 1.82) is 0 Å². The molecule has 1 aliphatic rings. The van der Waals surface area contributed by atoms with Crippen LogP contribution in [0.4, 0.5) is 5.69 Å². The number of halogens is 1. The summed E-state index contributed by atoms with van der Waals surface area (Å²) in [6, 6.07) is 7.10. The fourth-order valence-corrected chi connectivity index (χ4v) is 3.50. The van der Waals surface area contributed by atoms with Crippen molar-refractivity contribution in [2.45, 2.75) is 0 Å². The van der Waals surface area contributed by atoms with Gasteiger partial charge in [0, 0.05) is 29.7 Å². The first-order chi connectivity index (χ1) is 10.3. The molecule has 0 N–H and O–H groups in total. The lowest BCUT2D eigenvalue weighted by Gasteiger charge is -2.34. The average Bonchev–Trinajstić information content (AvgIpc) is 2.45. The summed E-state index contributed by atoms with van der Waals surface area (Å²) >= 11 is 2.16. The second-order valence-electron chi connectivity index (χ2n) is 5.43. The maximum absolute atomic E-state index is 12.4. The molecule has 1 aliphatic heterocycles. The normalized spacial score (nSPS) is 16.6. The molecule has 1 aromatic carbocycles. The second-order valence-corrected chi connectivity index (χ2v) is 8.58. The van der Waals surface area contributed by atoms with Crippen LogP contribution in [0.25, 0.3) is 0 Å². The van der Waals surface area contributed by atoms with Gasteiger partial charge in [0.15, 0.2) is 0 Å². The third-order valence-electron chi connectivity index (χ3n) is 3.65. The molecule has 0 atom stereocenters. The van der Waals surface area contributed by atoms with E-state index < -0.39 is 10.0 Å². The van der Waals surface area contributed by atoms with Crippen LogP contribution in [-0.4, -0.2) is 70.2 Å². The molecular weight excluding hydrogens is 417 g/mol. The minimum Gasteiger partial charge on any atom is -0.339 e. The molecule has 1 heterocycles. The van der Waals surface area contributed by atoms with Gasteiger partial charge in [-0.3, -0.25) is 9.10 Å². The standard InChI is InChI=1S/C14H20IN3O3S/c1-16-7-9-17(10-8-16)14(19)11-18(22(2,20)21)13-5-3-12(15)4-6-13/h3-6H,7-11H2,1-2H3. The Morgan fingerprint density at radius 1 is 1.18 bits per heavy atom. The monoisotopic (exact) mass is 437 g/mol. The summed E-state index contributed by atoms with van der Waals surface area (Å²) in [4.78, 5) is 16.3. The first-order valence-electron chi connectivity index (χ1n) is 6.97. The van der Waals surface area contributed by atoms with Crippen LogP contribution in [0.5, 0.6) is 0 Å². The van der Waals surface area contributed by atoms with Crippen LogP contribution in [0.15, 0.2) is 24.3 Å². The number of nitrogens with zero attached hydrogens (tertiary/aromatic N) is 3. The van der Waals surface area contributed by atoms with Gasteiger partial charge in [-0.1, -0.05) is 0 Å². The Labute approximate surface area is 145 Å². The molecule has 8 heteroatoms. The quantitative estimate of drug-likeness (QED) is 0.655. The largest absolute Gasteiger partial charge is 0.339 e. The fourth-order valence-electron chi connectivity index (χ4n) is 2.29. The maximum Gasteiger partial charge on any atom is 0.243 e. The van der Waals surface area contributed by atoms with Crippen LogP contribution in [0, 0.1) is 3.57 Å². The lowest BCUT2D eigenvalue weighted by Crippen LogP contribution is -2.50. The number of sulfonamides is 1. The molecule has 2 rings (SSSR count). The molecule has 0 aliphatic carbocycles. The van der Waals surface area contributed by atoms with Gasteiger partial charge in [0.05, 0.1) is 11.9 Å². The summed E-state index contributed by atoms with van der Waals surface area (Å²) in [7, 11) is -1.49. The highest BCUT2D eigenvalue weighted by molar-refractivity contribution is 14.1. The number of anilines is 1. The molecule has 6 nitrogen and oxygen atoms in total. The van der Waals surface area contributed by atoms with Gasteiger partial charge in [-0.25, -0.2) is 8.42 Å². The Morgan fingerprint density at radius 2 is 1.73 bits per heavy atom. The number of piperazine rings is 1. The zero-order valence-electron chi connectivity index (χ0n) is 12.7. The van der Waals surface area contributed by atoms with Gasteiger partial charge in [0.25, 0.3) is 0 Å². The molecule has 122 valence electrons. The van der Waals surface area contributed by atoms with Crippen molar-refractivity contribution in [2.75, 3.05) is 50.3 Å². The minimum absolute atomic E-state index is 0.150. The summed E-state index contributed by atoms with van der Waals surface area (Å²) in [6.07, 6.45) is 1.13. The van der Waals surface area contributed by atoms with E-state index in [1.807, 2.05) is 19.2 Å². The number of amides is 1. The molecule has 1 aromatic rings. The van der Waals surface area contributed by atoms with E-state index >= 15 is 0 Å². The van der Waals surface area contributed by atoms with Crippen molar-refractivity contribution in [1.82, 2.24) is 9.80 Å². The molecule has 0 unspecified atom stereocenters. The molecule has 0 radical (unpaired) electrons. The molecule has 0 aromatic heterocycles. The van der Waals surface area contributed by atoms with Crippen molar-refractivity contribution < 1.29 is 13.2 Å². The van der Waals surface area contributed by atoms with E-state index in [1.54, 1.807) is 17.0 Å². The van der Waals surface area contributed by atoms with Gasteiger partial charge in [0.1, 0.15) is 6.54 Å². The molecule has 0 bridgehead atoms. The van der Waals surface area contributed by atoms with Crippen LogP contribution in [-0.2, 0) is 14.8 Å². The highest BCUT2D eigenvalue weighted by atomic mass is 127. The lowest BCUT2D eigenvalue weighted by molar-refractivity contribution is -0.131. The van der Waals surface area contributed by atoms with Crippen LogP contribution < -0.4 is 4.31 Å². The van der Waals surface area contributed by atoms with E-state index in [9.17, 15) is 13.2 Å². The van der Waals surface area contributed by atoms with E-state index in [4.69, 9.17) is 0 Å². The number of carbonyl (C=O) groups is 1. The summed E-state index contributed by atoms with van der Waals surface area (Å²) in [6.45, 7) is 2.75. The summed E-state index contributed by atoms with van der Waals surface area (Å²) < 4.78 is 26.2. The van der Waals surface area contributed by atoms with Gasteiger partial charge in [-0.2, -0.15) is 0 Å².